The van der Waals surface area contributed by atoms with Gasteiger partial charge in [0.05, 0.1) is 7.11 Å². The van der Waals surface area contributed by atoms with Crippen molar-refractivity contribution in [2.24, 2.45) is 0 Å². The Hall–Kier alpha value is -1.71. The van der Waals surface area contributed by atoms with Crippen LogP contribution in [0, 0.1) is 0 Å². The first-order chi connectivity index (χ1) is 7.48. The van der Waals surface area contributed by atoms with E-state index in [9.17, 15) is 0 Å². The van der Waals surface area contributed by atoms with Crippen LogP contribution >= 0.6 is 0 Å². The van der Waals surface area contributed by atoms with Crippen molar-refractivity contribution < 1.29 is 9.15 Å². The number of fused-ring (bicyclic) bond motifs is 1. The standard InChI is InChI=1S/C12H16N2O2/c1-12(2,3)14-11-13-9-7-8(15-4)5-6-10(9)16-11/h5-7H,1-4H3,(H,13,14). The Balaban J connectivity index is 2.36. The zero-order chi connectivity index (χ0) is 11.8. The first-order valence-corrected chi connectivity index (χ1v) is 5.21. The molecule has 0 saturated carbocycles. The van der Waals surface area contributed by atoms with E-state index in [0.717, 1.165) is 16.8 Å². The van der Waals surface area contributed by atoms with Gasteiger partial charge in [0.1, 0.15) is 11.3 Å². The molecule has 0 aliphatic rings. The van der Waals surface area contributed by atoms with Gasteiger partial charge in [-0.1, -0.05) is 0 Å². The summed E-state index contributed by atoms with van der Waals surface area (Å²) in [5.41, 5.74) is 1.49. The first-order valence-electron chi connectivity index (χ1n) is 5.21. The Morgan fingerprint density at radius 1 is 1.31 bits per heavy atom. The molecule has 0 unspecified atom stereocenters. The van der Waals surface area contributed by atoms with Gasteiger partial charge in [0.25, 0.3) is 6.01 Å². The van der Waals surface area contributed by atoms with Crippen molar-refractivity contribution in [1.29, 1.82) is 0 Å². The number of rotatable bonds is 2. The molecular weight excluding hydrogens is 204 g/mol. The topological polar surface area (TPSA) is 47.3 Å². The molecule has 0 atom stereocenters. The van der Waals surface area contributed by atoms with Crippen LogP contribution < -0.4 is 10.1 Å². The van der Waals surface area contributed by atoms with Crippen molar-refractivity contribution in [2.75, 3.05) is 12.4 Å². The molecule has 16 heavy (non-hydrogen) atoms. The van der Waals surface area contributed by atoms with E-state index in [-0.39, 0.29) is 5.54 Å². The van der Waals surface area contributed by atoms with E-state index in [0.29, 0.717) is 6.01 Å². The average molecular weight is 220 g/mol. The number of nitrogens with zero attached hydrogens (tertiary/aromatic N) is 1. The zero-order valence-corrected chi connectivity index (χ0v) is 10.00. The second-order valence-corrected chi connectivity index (χ2v) is 4.73. The molecule has 0 aliphatic carbocycles. The summed E-state index contributed by atoms with van der Waals surface area (Å²) in [7, 11) is 1.63. The normalized spacial score (nSPS) is 11.8. The molecule has 0 bridgehead atoms. The third kappa shape index (κ3) is 2.27. The van der Waals surface area contributed by atoms with Gasteiger partial charge in [0.15, 0.2) is 5.58 Å². The molecule has 86 valence electrons. The maximum absolute atomic E-state index is 5.57. The number of hydrogen-bond acceptors (Lipinski definition) is 4. The van der Waals surface area contributed by atoms with Crippen LogP contribution in [0.1, 0.15) is 20.8 Å². The summed E-state index contributed by atoms with van der Waals surface area (Å²) in [5.74, 6) is 0.781. The highest BCUT2D eigenvalue weighted by atomic mass is 16.5. The van der Waals surface area contributed by atoms with Crippen LogP contribution in [0.4, 0.5) is 6.01 Å². The number of methoxy groups -OCH3 is 1. The lowest BCUT2D eigenvalue weighted by Gasteiger charge is -2.18. The van der Waals surface area contributed by atoms with Gasteiger partial charge in [0, 0.05) is 11.6 Å². The molecule has 0 aliphatic heterocycles. The fourth-order valence-corrected chi connectivity index (χ4v) is 1.41. The largest absolute Gasteiger partial charge is 0.497 e. The van der Waals surface area contributed by atoms with E-state index in [4.69, 9.17) is 9.15 Å². The van der Waals surface area contributed by atoms with Crippen molar-refractivity contribution >= 4 is 17.1 Å². The predicted molar refractivity (Wildman–Crippen MR) is 63.9 cm³/mol. The Labute approximate surface area is 94.6 Å². The highest BCUT2D eigenvalue weighted by Gasteiger charge is 2.14. The van der Waals surface area contributed by atoms with E-state index >= 15 is 0 Å². The lowest BCUT2D eigenvalue weighted by molar-refractivity contribution is 0.415. The molecule has 2 aromatic rings. The molecule has 0 fully saturated rings. The monoisotopic (exact) mass is 220 g/mol. The third-order valence-corrected chi connectivity index (χ3v) is 2.08. The number of anilines is 1. The van der Waals surface area contributed by atoms with Crippen LogP contribution in [0.2, 0.25) is 0 Å². The smallest absolute Gasteiger partial charge is 0.296 e. The van der Waals surface area contributed by atoms with Crippen molar-refractivity contribution in [3.05, 3.63) is 18.2 Å². The van der Waals surface area contributed by atoms with E-state index in [1.165, 1.54) is 0 Å². The van der Waals surface area contributed by atoms with Crippen molar-refractivity contribution in [3.63, 3.8) is 0 Å². The summed E-state index contributed by atoms with van der Waals surface area (Å²) in [6, 6.07) is 6.10. The highest BCUT2D eigenvalue weighted by molar-refractivity contribution is 5.76. The molecule has 1 aromatic heterocycles. The van der Waals surface area contributed by atoms with E-state index in [1.54, 1.807) is 7.11 Å². The van der Waals surface area contributed by atoms with Gasteiger partial charge in [-0.15, -0.1) is 0 Å². The molecule has 1 aromatic carbocycles. The molecule has 0 amide bonds. The fourth-order valence-electron chi connectivity index (χ4n) is 1.41. The molecule has 1 N–H and O–H groups in total. The van der Waals surface area contributed by atoms with Gasteiger partial charge in [0.2, 0.25) is 0 Å². The fraction of sp³-hybridized carbons (Fsp3) is 0.417. The van der Waals surface area contributed by atoms with Crippen molar-refractivity contribution in [3.8, 4) is 5.75 Å². The first kappa shape index (κ1) is 10.8. The van der Waals surface area contributed by atoms with Gasteiger partial charge < -0.3 is 14.5 Å². The summed E-state index contributed by atoms with van der Waals surface area (Å²) in [6.45, 7) is 6.17. The molecule has 0 spiro atoms. The molecule has 0 saturated heterocycles. The lowest BCUT2D eigenvalue weighted by atomic mass is 10.1. The molecular formula is C12H16N2O2. The van der Waals surface area contributed by atoms with Gasteiger partial charge in [-0.3, -0.25) is 0 Å². The quantitative estimate of drug-likeness (QED) is 0.845. The molecule has 4 heteroatoms. The van der Waals surface area contributed by atoms with Crippen LogP contribution in [0.5, 0.6) is 5.75 Å². The molecule has 4 nitrogen and oxygen atoms in total. The Bertz CT molecular complexity index is 497. The number of ether oxygens (including phenoxy) is 1. The zero-order valence-electron chi connectivity index (χ0n) is 10.00. The third-order valence-electron chi connectivity index (χ3n) is 2.08. The van der Waals surface area contributed by atoms with Crippen LogP contribution in [-0.2, 0) is 0 Å². The summed E-state index contributed by atoms with van der Waals surface area (Å²) < 4.78 is 10.7. The maximum atomic E-state index is 5.57. The van der Waals surface area contributed by atoms with Crippen LogP contribution in [0.3, 0.4) is 0 Å². The number of benzene rings is 1. The minimum Gasteiger partial charge on any atom is -0.497 e. The maximum Gasteiger partial charge on any atom is 0.296 e. The number of oxazole rings is 1. The van der Waals surface area contributed by atoms with Crippen LogP contribution in [0.25, 0.3) is 11.1 Å². The summed E-state index contributed by atoms with van der Waals surface area (Å²) >= 11 is 0. The van der Waals surface area contributed by atoms with Gasteiger partial charge in [-0.2, -0.15) is 4.98 Å². The molecule has 2 rings (SSSR count). The van der Waals surface area contributed by atoms with Crippen molar-refractivity contribution in [2.45, 2.75) is 26.3 Å². The van der Waals surface area contributed by atoms with E-state index < -0.39 is 0 Å². The lowest BCUT2D eigenvalue weighted by Crippen LogP contribution is -2.26. The predicted octanol–water partition coefficient (Wildman–Crippen LogP) is 3.05. The van der Waals surface area contributed by atoms with Gasteiger partial charge >= 0.3 is 0 Å². The molecule has 0 radical (unpaired) electrons. The number of nitrogens with one attached hydrogen (secondary N) is 1. The number of aromatic nitrogens is 1. The summed E-state index contributed by atoms with van der Waals surface area (Å²) in [5, 5.41) is 3.19. The average Bonchev–Trinajstić information content (AvgIpc) is 2.55. The highest BCUT2D eigenvalue weighted by Crippen LogP contribution is 2.24. The number of hydrogen-bond donors (Lipinski definition) is 1. The van der Waals surface area contributed by atoms with Gasteiger partial charge in [-0.25, -0.2) is 0 Å². The Morgan fingerprint density at radius 3 is 2.69 bits per heavy atom. The SMILES string of the molecule is COc1ccc2oc(NC(C)(C)C)nc2c1. The van der Waals surface area contributed by atoms with E-state index in [2.05, 4.69) is 31.1 Å². The van der Waals surface area contributed by atoms with Crippen LogP contribution in [-0.4, -0.2) is 17.6 Å². The second kappa shape index (κ2) is 3.70. The van der Waals surface area contributed by atoms with Crippen LogP contribution in [0.15, 0.2) is 22.6 Å². The minimum atomic E-state index is -0.0645. The Kier molecular flexibility index (Phi) is 2.50. The second-order valence-electron chi connectivity index (χ2n) is 4.73. The molecule has 1 heterocycles. The van der Waals surface area contributed by atoms with E-state index in [1.807, 2.05) is 18.2 Å². The van der Waals surface area contributed by atoms with Crippen molar-refractivity contribution in [1.82, 2.24) is 4.98 Å². The minimum absolute atomic E-state index is 0.0645. The Morgan fingerprint density at radius 2 is 2.06 bits per heavy atom. The summed E-state index contributed by atoms with van der Waals surface area (Å²) in [4.78, 5) is 4.35. The van der Waals surface area contributed by atoms with Gasteiger partial charge in [-0.05, 0) is 32.9 Å². The summed E-state index contributed by atoms with van der Waals surface area (Å²) in [6.07, 6.45) is 0.